The Kier molecular flexibility index (Phi) is 8.27. The molecule has 0 aromatic heterocycles. The van der Waals surface area contributed by atoms with Gasteiger partial charge in [-0.05, 0) is 43.0 Å². The van der Waals surface area contributed by atoms with E-state index in [4.69, 9.17) is 4.74 Å². The highest BCUT2D eigenvalue weighted by Gasteiger charge is 2.13. The molecule has 0 fully saturated rings. The van der Waals surface area contributed by atoms with E-state index in [9.17, 15) is 19.2 Å². The first-order chi connectivity index (χ1) is 12.2. The van der Waals surface area contributed by atoms with Crippen molar-refractivity contribution in [1.82, 2.24) is 16.0 Å². The molecule has 1 aromatic carbocycles. The standard InChI is InChI=1S/C18H25N3O5/c1-11(2)8-20-18(25)21-15(22)10-26-16(23)9-19-17(24)14-6-5-12(3)13(4)7-14/h5-7,11H,8-10H2,1-4H3,(H,19,24)(H2,20,21,22,25). The molecule has 1 rings (SSSR count). The second-order valence-electron chi connectivity index (χ2n) is 6.29. The van der Waals surface area contributed by atoms with Gasteiger partial charge in [-0.25, -0.2) is 4.79 Å². The molecule has 0 bridgehead atoms. The van der Waals surface area contributed by atoms with E-state index in [1.54, 1.807) is 12.1 Å². The number of nitrogens with one attached hydrogen (secondary N) is 3. The van der Waals surface area contributed by atoms with Gasteiger partial charge in [-0.2, -0.15) is 0 Å². The smallest absolute Gasteiger partial charge is 0.325 e. The Labute approximate surface area is 152 Å². The molecule has 0 radical (unpaired) electrons. The predicted octanol–water partition coefficient (Wildman–Crippen LogP) is 1.06. The maximum atomic E-state index is 12.0. The third-order valence-corrected chi connectivity index (χ3v) is 3.45. The number of imide groups is 1. The van der Waals surface area contributed by atoms with Crippen LogP contribution >= 0.6 is 0 Å². The molecule has 1 aromatic rings. The summed E-state index contributed by atoms with van der Waals surface area (Å²) in [6.07, 6.45) is 0. The summed E-state index contributed by atoms with van der Waals surface area (Å²) >= 11 is 0. The Morgan fingerprint density at radius 2 is 1.73 bits per heavy atom. The minimum Gasteiger partial charge on any atom is -0.454 e. The third-order valence-electron chi connectivity index (χ3n) is 3.45. The van der Waals surface area contributed by atoms with E-state index in [-0.39, 0.29) is 12.5 Å². The summed E-state index contributed by atoms with van der Waals surface area (Å²) in [5.74, 6) is -1.70. The number of hydrogen-bond acceptors (Lipinski definition) is 5. The number of urea groups is 1. The van der Waals surface area contributed by atoms with Crippen LogP contribution < -0.4 is 16.0 Å². The van der Waals surface area contributed by atoms with Gasteiger partial charge in [-0.1, -0.05) is 19.9 Å². The zero-order valence-electron chi connectivity index (χ0n) is 15.5. The maximum absolute atomic E-state index is 12.0. The van der Waals surface area contributed by atoms with E-state index in [1.165, 1.54) is 0 Å². The second kappa shape index (κ2) is 10.2. The highest BCUT2D eigenvalue weighted by atomic mass is 16.5. The van der Waals surface area contributed by atoms with Crippen molar-refractivity contribution in [2.45, 2.75) is 27.7 Å². The molecule has 8 nitrogen and oxygen atoms in total. The lowest BCUT2D eigenvalue weighted by Gasteiger charge is -2.09. The summed E-state index contributed by atoms with van der Waals surface area (Å²) in [4.78, 5) is 46.4. The Morgan fingerprint density at radius 1 is 1.04 bits per heavy atom. The van der Waals surface area contributed by atoms with Crippen molar-refractivity contribution in [3.05, 3.63) is 34.9 Å². The number of hydrogen-bond donors (Lipinski definition) is 3. The van der Waals surface area contributed by atoms with Crippen LogP contribution in [0.4, 0.5) is 4.79 Å². The van der Waals surface area contributed by atoms with E-state index in [0.717, 1.165) is 11.1 Å². The first-order valence-corrected chi connectivity index (χ1v) is 8.27. The van der Waals surface area contributed by atoms with Crippen LogP contribution in [0.25, 0.3) is 0 Å². The van der Waals surface area contributed by atoms with Gasteiger partial charge in [0.05, 0.1) is 0 Å². The Balaban J connectivity index is 2.31. The quantitative estimate of drug-likeness (QED) is 0.627. The molecular formula is C18H25N3O5. The van der Waals surface area contributed by atoms with Crippen LogP contribution in [0.2, 0.25) is 0 Å². The van der Waals surface area contributed by atoms with E-state index in [0.29, 0.717) is 12.1 Å². The molecule has 0 aliphatic heterocycles. The van der Waals surface area contributed by atoms with E-state index < -0.39 is 30.4 Å². The number of carbonyl (C=O) groups is 4. The number of amides is 4. The van der Waals surface area contributed by atoms with Crippen molar-refractivity contribution >= 4 is 23.8 Å². The predicted molar refractivity (Wildman–Crippen MR) is 95.6 cm³/mol. The molecule has 0 unspecified atom stereocenters. The van der Waals surface area contributed by atoms with Crippen LogP contribution in [0.3, 0.4) is 0 Å². The van der Waals surface area contributed by atoms with Crippen molar-refractivity contribution in [3.63, 3.8) is 0 Å². The van der Waals surface area contributed by atoms with Crippen molar-refractivity contribution < 1.29 is 23.9 Å². The molecule has 4 amide bonds. The van der Waals surface area contributed by atoms with Gasteiger partial charge in [-0.3, -0.25) is 19.7 Å². The molecule has 0 aliphatic carbocycles. The number of benzene rings is 1. The highest BCUT2D eigenvalue weighted by Crippen LogP contribution is 2.09. The van der Waals surface area contributed by atoms with Crippen molar-refractivity contribution in [3.8, 4) is 0 Å². The minimum absolute atomic E-state index is 0.245. The Bertz CT molecular complexity index is 685. The van der Waals surface area contributed by atoms with Gasteiger partial charge in [0.15, 0.2) is 6.61 Å². The minimum atomic E-state index is -0.778. The van der Waals surface area contributed by atoms with E-state index >= 15 is 0 Å². The lowest BCUT2D eigenvalue weighted by Crippen LogP contribution is -2.43. The molecule has 8 heteroatoms. The third kappa shape index (κ3) is 7.78. The summed E-state index contributed by atoms with van der Waals surface area (Å²) in [7, 11) is 0. The zero-order chi connectivity index (χ0) is 19.7. The fraction of sp³-hybridized carbons (Fsp3) is 0.444. The topological polar surface area (TPSA) is 114 Å². The molecule has 142 valence electrons. The fourth-order valence-electron chi connectivity index (χ4n) is 1.84. The van der Waals surface area contributed by atoms with Crippen molar-refractivity contribution in [2.75, 3.05) is 19.7 Å². The number of rotatable bonds is 7. The van der Waals surface area contributed by atoms with Crippen LogP contribution in [0.5, 0.6) is 0 Å². The Hall–Kier alpha value is -2.90. The summed E-state index contributed by atoms with van der Waals surface area (Å²) < 4.78 is 4.71. The first kappa shape index (κ1) is 21.1. The molecule has 3 N–H and O–H groups in total. The number of esters is 1. The summed E-state index contributed by atoms with van der Waals surface area (Å²) in [6, 6.07) is 4.55. The molecule has 26 heavy (non-hydrogen) atoms. The molecule has 0 saturated carbocycles. The van der Waals surface area contributed by atoms with E-state index in [2.05, 4.69) is 10.6 Å². The molecule has 0 aliphatic rings. The average Bonchev–Trinajstić information content (AvgIpc) is 2.58. The fourth-order valence-corrected chi connectivity index (χ4v) is 1.84. The van der Waals surface area contributed by atoms with Gasteiger partial charge in [0.2, 0.25) is 0 Å². The van der Waals surface area contributed by atoms with Crippen molar-refractivity contribution in [1.29, 1.82) is 0 Å². The van der Waals surface area contributed by atoms with Crippen molar-refractivity contribution in [2.24, 2.45) is 5.92 Å². The SMILES string of the molecule is Cc1ccc(C(=O)NCC(=O)OCC(=O)NC(=O)NCC(C)C)cc1C. The number of ether oxygens (including phenoxy) is 1. The number of aryl methyl sites for hydroxylation is 2. The van der Waals surface area contributed by atoms with Gasteiger partial charge in [-0.15, -0.1) is 0 Å². The summed E-state index contributed by atoms with van der Waals surface area (Å²) in [5, 5.41) is 6.96. The summed E-state index contributed by atoms with van der Waals surface area (Å²) in [5.41, 5.74) is 2.46. The average molecular weight is 363 g/mol. The normalized spacial score (nSPS) is 10.2. The first-order valence-electron chi connectivity index (χ1n) is 8.27. The van der Waals surface area contributed by atoms with Crippen LogP contribution in [0.15, 0.2) is 18.2 Å². The lowest BCUT2D eigenvalue weighted by atomic mass is 10.1. The largest absolute Gasteiger partial charge is 0.454 e. The Morgan fingerprint density at radius 3 is 2.35 bits per heavy atom. The molecule has 0 atom stereocenters. The van der Waals surface area contributed by atoms with Crippen LogP contribution in [-0.2, 0) is 14.3 Å². The number of carbonyl (C=O) groups excluding carboxylic acids is 4. The molecular weight excluding hydrogens is 338 g/mol. The van der Waals surface area contributed by atoms with E-state index in [1.807, 2.05) is 39.1 Å². The van der Waals surface area contributed by atoms with Gasteiger partial charge >= 0.3 is 12.0 Å². The van der Waals surface area contributed by atoms with Gasteiger partial charge in [0.1, 0.15) is 6.54 Å². The van der Waals surface area contributed by atoms with Crippen LogP contribution in [0.1, 0.15) is 35.3 Å². The lowest BCUT2D eigenvalue weighted by molar-refractivity contribution is -0.147. The van der Waals surface area contributed by atoms with Crippen LogP contribution in [-0.4, -0.2) is 43.5 Å². The summed E-state index contributed by atoms with van der Waals surface area (Å²) in [6.45, 7) is 7.08. The van der Waals surface area contributed by atoms with Crippen LogP contribution in [0, 0.1) is 19.8 Å². The van der Waals surface area contributed by atoms with Gasteiger partial charge in [0.25, 0.3) is 11.8 Å². The molecule has 0 heterocycles. The van der Waals surface area contributed by atoms with Gasteiger partial charge < -0.3 is 15.4 Å². The molecule has 0 spiro atoms. The zero-order valence-corrected chi connectivity index (χ0v) is 15.5. The second-order valence-corrected chi connectivity index (χ2v) is 6.29. The maximum Gasteiger partial charge on any atom is 0.325 e. The molecule has 0 saturated heterocycles. The monoisotopic (exact) mass is 363 g/mol. The highest BCUT2D eigenvalue weighted by molar-refractivity contribution is 5.97. The van der Waals surface area contributed by atoms with Gasteiger partial charge in [0, 0.05) is 12.1 Å².